The van der Waals surface area contributed by atoms with Crippen molar-refractivity contribution in [3.05, 3.63) is 76.5 Å². The van der Waals surface area contributed by atoms with Gasteiger partial charge in [0.1, 0.15) is 23.1 Å². The van der Waals surface area contributed by atoms with Crippen LogP contribution < -0.4 is 0 Å². The molecule has 4 rings (SSSR count). The normalized spacial score (nSPS) is 11.1. The maximum atomic E-state index is 9.28. The lowest BCUT2D eigenvalue weighted by Crippen LogP contribution is -2.07. The molecule has 0 N–H and O–H groups in total. The summed E-state index contributed by atoms with van der Waals surface area (Å²) in [5.41, 5.74) is 5.44. The van der Waals surface area contributed by atoms with Gasteiger partial charge >= 0.3 is 0 Å². The van der Waals surface area contributed by atoms with E-state index in [1.54, 1.807) is 10.6 Å². The molecule has 29 heavy (non-hydrogen) atoms. The minimum atomic E-state index is 0.557. The van der Waals surface area contributed by atoms with E-state index in [-0.39, 0.29) is 0 Å². The van der Waals surface area contributed by atoms with Gasteiger partial charge in [-0.05, 0) is 54.8 Å². The van der Waals surface area contributed by atoms with Crippen molar-refractivity contribution >= 4 is 22.8 Å². The SMILES string of the molecule is CCCCc1nc2c(C)ccnc2n1Cc1ccc(-n2cccc2C#N)c(Cl)c1. The highest BCUT2D eigenvalue weighted by Gasteiger charge is 2.15. The van der Waals surface area contributed by atoms with Crippen molar-refractivity contribution in [3.63, 3.8) is 0 Å². The van der Waals surface area contributed by atoms with Gasteiger partial charge in [0.2, 0.25) is 0 Å². The third kappa shape index (κ3) is 3.64. The first-order chi connectivity index (χ1) is 14.1. The summed E-state index contributed by atoms with van der Waals surface area (Å²) < 4.78 is 4.00. The van der Waals surface area contributed by atoms with Gasteiger partial charge in [-0.1, -0.05) is 31.0 Å². The predicted molar refractivity (Wildman–Crippen MR) is 115 cm³/mol. The Bertz CT molecular complexity index is 1210. The molecule has 6 heteroatoms. The van der Waals surface area contributed by atoms with Crippen LogP contribution in [-0.2, 0) is 13.0 Å². The zero-order valence-corrected chi connectivity index (χ0v) is 17.3. The molecule has 1 aromatic carbocycles. The lowest BCUT2D eigenvalue weighted by atomic mass is 10.2. The fourth-order valence-corrected chi connectivity index (χ4v) is 3.88. The molecule has 0 fully saturated rings. The van der Waals surface area contributed by atoms with E-state index in [4.69, 9.17) is 16.6 Å². The summed E-state index contributed by atoms with van der Waals surface area (Å²) in [7, 11) is 0. The standard InChI is InChI=1S/C23H22ClN5/c1-3-4-7-21-27-22-16(2)10-11-26-23(22)29(21)15-17-8-9-20(19(24)13-17)28-12-5-6-18(28)14-25/h5-6,8-13H,3-4,7,15H2,1-2H3. The predicted octanol–water partition coefficient (Wildman–Crippen LogP) is 5.45. The highest BCUT2D eigenvalue weighted by atomic mass is 35.5. The van der Waals surface area contributed by atoms with E-state index < -0.39 is 0 Å². The van der Waals surface area contributed by atoms with Gasteiger partial charge in [-0.3, -0.25) is 0 Å². The van der Waals surface area contributed by atoms with Crippen LogP contribution in [0.25, 0.3) is 16.9 Å². The van der Waals surface area contributed by atoms with Crippen molar-refractivity contribution < 1.29 is 0 Å². The van der Waals surface area contributed by atoms with Gasteiger partial charge in [0.25, 0.3) is 0 Å². The van der Waals surface area contributed by atoms with Crippen molar-refractivity contribution in [2.45, 2.75) is 39.7 Å². The number of pyridine rings is 1. The lowest BCUT2D eigenvalue weighted by Gasteiger charge is -2.12. The van der Waals surface area contributed by atoms with Gasteiger partial charge < -0.3 is 9.13 Å². The molecule has 0 unspecified atom stereocenters. The van der Waals surface area contributed by atoms with Crippen LogP contribution in [0, 0.1) is 18.3 Å². The van der Waals surface area contributed by atoms with Crippen LogP contribution in [-0.4, -0.2) is 19.1 Å². The first-order valence-electron chi connectivity index (χ1n) is 9.79. The molecule has 0 radical (unpaired) electrons. The van der Waals surface area contributed by atoms with Gasteiger partial charge in [-0.15, -0.1) is 0 Å². The number of benzene rings is 1. The molecular formula is C23H22ClN5. The van der Waals surface area contributed by atoms with Gasteiger partial charge in [-0.25, -0.2) is 9.97 Å². The zero-order valence-electron chi connectivity index (χ0n) is 16.6. The summed E-state index contributed by atoms with van der Waals surface area (Å²) in [5, 5.41) is 9.89. The number of nitriles is 1. The highest BCUT2D eigenvalue weighted by molar-refractivity contribution is 6.32. The largest absolute Gasteiger partial charge is 0.308 e. The van der Waals surface area contributed by atoms with Crippen molar-refractivity contribution in [2.24, 2.45) is 0 Å². The molecule has 0 saturated heterocycles. The fraction of sp³-hybridized carbons (Fsp3) is 0.261. The van der Waals surface area contributed by atoms with Gasteiger partial charge in [0.15, 0.2) is 5.65 Å². The third-order valence-corrected chi connectivity index (χ3v) is 5.45. The summed E-state index contributed by atoms with van der Waals surface area (Å²) in [6, 6.07) is 13.8. The molecule has 0 saturated carbocycles. The van der Waals surface area contributed by atoms with Crippen LogP contribution in [0.15, 0.2) is 48.8 Å². The van der Waals surface area contributed by atoms with Crippen molar-refractivity contribution in [3.8, 4) is 11.8 Å². The summed E-state index contributed by atoms with van der Waals surface area (Å²) >= 11 is 6.59. The minimum Gasteiger partial charge on any atom is -0.308 e. The van der Waals surface area contributed by atoms with Crippen LogP contribution in [0.3, 0.4) is 0 Å². The maximum Gasteiger partial charge on any atom is 0.160 e. The topological polar surface area (TPSA) is 59.4 Å². The Morgan fingerprint density at radius 2 is 2.07 bits per heavy atom. The Kier molecular flexibility index (Phi) is 5.37. The average molecular weight is 404 g/mol. The summed E-state index contributed by atoms with van der Waals surface area (Å²) in [6.45, 7) is 4.91. The Balaban J connectivity index is 1.72. The van der Waals surface area contributed by atoms with Crippen LogP contribution in [0.4, 0.5) is 0 Å². The quantitative estimate of drug-likeness (QED) is 0.430. The number of aryl methyl sites for hydroxylation is 2. The van der Waals surface area contributed by atoms with E-state index in [0.29, 0.717) is 17.3 Å². The first-order valence-corrected chi connectivity index (χ1v) is 10.2. The smallest absolute Gasteiger partial charge is 0.160 e. The molecule has 0 aliphatic rings. The van der Waals surface area contributed by atoms with Crippen LogP contribution in [0.5, 0.6) is 0 Å². The first kappa shape index (κ1) is 19.2. The van der Waals surface area contributed by atoms with E-state index in [9.17, 15) is 5.26 Å². The molecule has 0 amide bonds. The van der Waals surface area contributed by atoms with Gasteiger partial charge in [0, 0.05) is 18.8 Å². The number of aromatic nitrogens is 4. The second kappa shape index (κ2) is 8.10. The van der Waals surface area contributed by atoms with E-state index in [2.05, 4.69) is 29.5 Å². The second-order valence-electron chi connectivity index (χ2n) is 7.18. The number of rotatable bonds is 6. The Labute approximate surface area is 175 Å². The molecule has 3 heterocycles. The number of fused-ring (bicyclic) bond motifs is 1. The van der Waals surface area contributed by atoms with Gasteiger partial charge in [0.05, 0.1) is 17.3 Å². The summed E-state index contributed by atoms with van der Waals surface area (Å²) in [4.78, 5) is 9.47. The number of hydrogen-bond donors (Lipinski definition) is 0. The number of hydrogen-bond acceptors (Lipinski definition) is 3. The molecule has 0 atom stereocenters. The van der Waals surface area contributed by atoms with E-state index in [0.717, 1.165) is 53.1 Å². The van der Waals surface area contributed by atoms with E-state index >= 15 is 0 Å². The van der Waals surface area contributed by atoms with Crippen LogP contribution in [0.2, 0.25) is 5.02 Å². The third-order valence-electron chi connectivity index (χ3n) is 5.14. The maximum absolute atomic E-state index is 9.28. The van der Waals surface area contributed by atoms with Gasteiger partial charge in [-0.2, -0.15) is 5.26 Å². The summed E-state index contributed by atoms with van der Waals surface area (Å²) in [5.74, 6) is 1.06. The second-order valence-corrected chi connectivity index (χ2v) is 7.59. The molecule has 0 aliphatic heterocycles. The number of halogens is 1. The van der Waals surface area contributed by atoms with Crippen LogP contribution in [0.1, 0.15) is 42.4 Å². The number of imidazole rings is 1. The molecule has 146 valence electrons. The van der Waals surface area contributed by atoms with Crippen molar-refractivity contribution in [1.82, 2.24) is 19.1 Å². The molecule has 0 bridgehead atoms. The Hall–Kier alpha value is -3.10. The van der Waals surface area contributed by atoms with E-state index in [1.807, 2.05) is 42.7 Å². The van der Waals surface area contributed by atoms with Crippen molar-refractivity contribution in [2.75, 3.05) is 0 Å². The molecule has 0 aliphatic carbocycles. The Morgan fingerprint density at radius 3 is 2.83 bits per heavy atom. The zero-order chi connectivity index (χ0) is 20.4. The Morgan fingerprint density at radius 1 is 1.21 bits per heavy atom. The van der Waals surface area contributed by atoms with Crippen molar-refractivity contribution in [1.29, 1.82) is 5.26 Å². The lowest BCUT2D eigenvalue weighted by molar-refractivity contribution is 0.686. The molecule has 5 nitrogen and oxygen atoms in total. The number of unbranched alkanes of at least 4 members (excludes halogenated alkanes) is 1. The van der Waals surface area contributed by atoms with Crippen LogP contribution >= 0.6 is 11.6 Å². The molecule has 3 aromatic heterocycles. The molecular weight excluding hydrogens is 382 g/mol. The molecule has 4 aromatic rings. The fourth-order valence-electron chi connectivity index (χ4n) is 3.58. The monoisotopic (exact) mass is 403 g/mol. The van der Waals surface area contributed by atoms with E-state index in [1.165, 1.54) is 0 Å². The molecule has 0 spiro atoms. The summed E-state index contributed by atoms with van der Waals surface area (Å²) in [6.07, 6.45) is 6.82. The highest BCUT2D eigenvalue weighted by Crippen LogP contribution is 2.26. The number of nitrogens with zero attached hydrogens (tertiary/aromatic N) is 5. The average Bonchev–Trinajstić information content (AvgIpc) is 3.32. The minimum absolute atomic E-state index is 0.557.